The van der Waals surface area contributed by atoms with Gasteiger partial charge in [0.05, 0.1) is 10.9 Å². The van der Waals surface area contributed by atoms with Crippen LogP contribution in [0.2, 0.25) is 0 Å². The number of aromatic nitrogens is 1. The van der Waals surface area contributed by atoms with E-state index in [2.05, 4.69) is 10.3 Å². The first kappa shape index (κ1) is 19.1. The number of esters is 1. The zero-order valence-electron chi connectivity index (χ0n) is 15.9. The van der Waals surface area contributed by atoms with Gasteiger partial charge in [0.2, 0.25) is 5.89 Å². The predicted octanol–water partition coefficient (Wildman–Crippen LogP) is 4.03. The summed E-state index contributed by atoms with van der Waals surface area (Å²) in [7, 11) is 0. The summed E-state index contributed by atoms with van der Waals surface area (Å²) < 4.78 is 10.3. The minimum absolute atomic E-state index is 0.200. The molecule has 0 bridgehead atoms. The molecule has 4 aromatic rings. The molecule has 0 aliphatic heterocycles. The van der Waals surface area contributed by atoms with Crippen LogP contribution in [-0.2, 0) is 4.79 Å². The van der Waals surface area contributed by atoms with E-state index in [1.807, 2.05) is 0 Å². The zero-order chi connectivity index (χ0) is 21.1. The first-order chi connectivity index (χ1) is 14.5. The third kappa shape index (κ3) is 4.10. The van der Waals surface area contributed by atoms with E-state index in [4.69, 9.17) is 9.15 Å². The number of amides is 1. The molecule has 0 aliphatic carbocycles. The van der Waals surface area contributed by atoms with Crippen LogP contribution in [0.15, 0.2) is 82.0 Å². The number of carbonyl (C=O) groups excluding carboxylic acids is 2. The SMILES string of the molecule is CC(=O)Oc1cccc(C(=O)Nc2ccc(-c3nc4ccccc4c(=O)o3)cc2)c1. The highest BCUT2D eigenvalue weighted by molar-refractivity contribution is 6.04. The van der Waals surface area contributed by atoms with Crippen molar-refractivity contribution < 1.29 is 18.7 Å². The summed E-state index contributed by atoms with van der Waals surface area (Å²) >= 11 is 0. The largest absolute Gasteiger partial charge is 0.427 e. The molecule has 0 spiro atoms. The van der Waals surface area contributed by atoms with Gasteiger partial charge in [-0.05, 0) is 54.6 Å². The highest BCUT2D eigenvalue weighted by atomic mass is 16.5. The Kier molecular flexibility index (Phi) is 5.09. The fraction of sp³-hybridized carbons (Fsp3) is 0.0435. The highest BCUT2D eigenvalue weighted by Crippen LogP contribution is 2.21. The fourth-order valence-corrected chi connectivity index (χ4v) is 2.91. The molecule has 1 amide bonds. The van der Waals surface area contributed by atoms with Crippen molar-refractivity contribution >= 4 is 28.5 Å². The summed E-state index contributed by atoms with van der Waals surface area (Å²) in [5, 5.41) is 3.18. The number of benzene rings is 3. The van der Waals surface area contributed by atoms with Gasteiger partial charge in [0.25, 0.3) is 5.91 Å². The van der Waals surface area contributed by atoms with Gasteiger partial charge in [-0.1, -0.05) is 18.2 Å². The van der Waals surface area contributed by atoms with Crippen LogP contribution < -0.4 is 15.7 Å². The van der Waals surface area contributed by atoms with E-state index in [9.17, 15) is 14.4 Å². The predicted molar refractivity (Wildman–Crippen MR) is 111 cm³/mol. The minimum atomic E-state index is -0.461. The number of para-hydroxylation sites is 1. The van der Waals surface area contributed by atoms with Crippen LogP contribution in [0, 0.1) is 0 Å². The Morgan fingerprint density at radius 2 is 1.73 bits per heavy atom. The van der Waals surface area contributed by atoms with E-state index in [0.717, 1.165) is 0 Å². The maximum absolute atomic E-state index is 12.5. The van der Waals surface area contributed by atoms with Crippen LogP contribution in [0.3, 0.4) is 0 Å². The lowest BCUT2D eigenvalue weighted by Gasteiger charge is -2.08. The van der Waals surface area contributed by atoms with E-state index in [1.165, 1.54) is 13.0 Å². The monoisotopic (exact) mass is 400 g/mol. The van der Waals surface area contributed by atoms with E-state index >= 15 is 0 Å². The molecule has 0 aliphatic rings. The topological polar surface area (TPSA) is 98.5 Å². The molecule has 4 rings (SSSR count). The van der Waals surface area contributed by atoms with Gasteiger partial charge in [-0.3, -0.25) is 9.59 Å². The Labute approximate surface area is 170 Å². The Morgan fingerprint density at radius 1 is 0.967 bits per heavy atom. The lowest BCUT2D eigenvalue weighted by Crippen LogP contribution is -2.12. The average molecular weight is 400 g/mol. The van der Waals surface area contributed by atoms with Crippen molar-refractivity contribution in [3.8, 4) is 17.2 Å². The molecule has 1 heterocycles. The molecule has 7 nitrogen and oxygen atoms in total. The van der Waals surface area contributed by atoms with Crippen molar-refractivity contribution in [3.05, 3.63) is 88.8 Å². The van der Waals surface area contributed by atoms with Crippen molar-refractivity contribution in [2.75, 3.05) is 5.32 Å². The second kappa shape index (κ2) is 8.00. The summed E-state index contributed by atoms with van der Waals surface area (Å²) in [5.74, 6) is -0.322. The smallest absolute Gasteiger partial charge is 0.347 e. The highest BCUT2D eigenvalue weighted by Gasteiger charge is 2.11. The fourth-order valence-electron chi connectivity index (χ4n) is 2.91. The number of hydrogen-bond donors (Lipinski definition) is 1. The van der Waals surface area contributed by atoms with E-state index < -0.39 is 11.6 Å². The zero-order valence-corrected chi connectivity index (χ0v) is 15.9. The van der Waals surface area contributed by atoms with Crippen LogP contribution in [0.5, 0.6) is 5.75 Å². The number of anilines is 1. The van der Waals surface area contributed by atoms with E-state index in [-0.39, 0.29) is 11.8 Å². The molecule has 148 valence electrons. The Balaban J connectivity index is 1.54. The molecule has 1 N–H and O–H groups in total. The summed E-state index contributed by atoms with van der Waals surface area (Å²) in [6.45, 7) is 1.29. The number of rotatable bonds is 4. The molecule has 3 aromatic carbocycles. The van der Waals surface area contributed by atoms with E-state index in [1.54, 1.807) is 66.7 Å². The number of carbonyl (C=O) groups is 2. The van der Waals surface area contributed by atoms with Gasteiger partial charge in [0.1, 0.15) is 5.75 Å². The molecule has 30 heavy (non-hydrogen) atoms. The lowest BCUT2D eigenvalue weighted by molar-refractivity contribution is -0.131. The van der Waals surface area contributed by atoms with Gasteiger partial charge in [-0.2, -0.15) is 0 Å². The third-order valence-corrected chi connectivity index (χ3v) is 4.28. The minimum Gasteiger partial charge on any atom is -0.427 e. The number of ether oxygens (including phenoxy) is 1. The lowest BCUT2D eigenvalue weighted by atomic mass is 10.1. The molecule has 0 fully saturated rings. The van der Waals surface area contributed by atoms with Crippen molar-refractivity contribution in [2.45, 2.75) is 6.92 Å². The van der Waals surface area contributed by atoms with Gasteiger partial charge >= 0.3 is 11.6 Å². The maximum Gasteiger partial charge on any atom is 0.347 e. The molecule has 0 radical (unpaired) electrons. The van der Waals surface area contributed by atoms with Crippen molar-refractivity contribution in [2.24, 2.45) is 0 Å². The van der Waals surface area contributed by atoms with Gasteiger partial charge < -0.3 is 14.5 Å². The van der Waals surface area contributed by atoms with Gasteiger partial charge in [-0.15, -0.1) is 0 Å². The van der Waals surface area contributed by atoms with Crippen molar-refractivity contribution in [3.63, 3.8) is 0 Å². The van der Waals surface area contributed by atoms with E-state index in [0.29, 0.717) is 33.5 Å². The molecule has 1 aromatic heterocycles. The summed E-state index contributed by atoms with van der Waals surface area (Å²) in [6.07, 6.45) is 0. The average Bonchev–Trinajstić information content (AvgIpc) is 2.74. The second-order valence-corrected chi connectivity index (χ2v) is 6.48. The van der Waals surface area contributed by atoms with Gasteiger partial charge in [0.15, 0.2) is 0 Å². The Morgan fingerprint density at radius 3 is 2.50 bits per heavy atom. The van der Waals surface area contributed by atoms with Crippen molar-refractivity contribution in [1.82, 2.24) is 4.98 Å². The number of nitrogens with one attached hydrogen (secondary N) is 1. The standard InChI is InChI=1S/C23H16N2O5/c1-14(26)29-18-6-4-5-16(13-18)21(27)24-17-11-9-15(10-12-17)22-25-20-8-3-2-7-19(20)23(28)30-22/h2-13H,1H3,(H,24,27). The molecule has 0 saturated carbocycles. The molecular weight excluding hydrogens is 384 g/mol. The number of hydrogen-bond acceptors (Lipinski definition) is 6. The normalized spacial score (nSPS) is 10.6. The summed E-state index contributed by atoms with van der Waals surface area (Å²) in [4.78, 5) is 40.1. The second-order valence-electron chi connectivity index (χ2n) is 6.48. The summed E-state index contributed by atoms with van der Waals surface area (Å²) in [5.41, 5.74) is 1.59. The summed E-state index contributed by atoms with van der Waals surface area (Å²) in [6, 6.07) is 20.0. The molecule has 7 heteroatoms. The quantitative estimate of drug-likeness (QED) is 0.410. The maximum atomic E-state index is 12.5. The Bertz CT molecular complexity index is 1310. The van der Waals surface area contributed by atoms with Crippen LogP contribution in [0.1, 0.15) is 17.3 Å². The first-order valence-electron chi connectivity index (χ1n) is 9.10. The Hall–Kier alpha value is -4.26. The number of nitrogens with zero attached hydrogens (tertiary/aromatic N) is 1. The molecule has 0 saturated heterocycles. The van der Waals surface area contributed by atoms with Gasteiger partial charge in [-0.25, -0.2) is 9.78 Å². The van der Waals surface area contributed by atoms with Crippen LogP contribution >= 0.6 is 0 Å². The first-order valence-corrected chi connectivity index (χ1v) is 9.10. The molecule has 0 unspecified atom stereocenters. The molecular formula is C23H16N2O5. The molecule has 0 atom stereocenters. The van der Waals surface area contributed by atoms with Crippen LogP contribution in [0.4, 0.5) is 5.69 Å². The van der Waals surface area contributed by atoms with Crippen LogP contribution in [0.25, 0.3) is 22.4 Å². The van der Waals surface area contributed by atoms with Crippen LogP contribution in [-0.4, -0.2) is 16.9 Å². The van der Waals surface area contributed by atoms with Gasteiger partial charge in [0, 0.05) is 23.7 Å². The third-order valence-electron chi connectivity index (χ3n) is 4.28. The van der Waals surface area contributed by atoms with Crippen molar-refractivity contribution in [1.29, 1.82) is 0 Å². The number of fused-ring (bicyclic) bond motifs is 1.